The van der Waals surface area contributed by atoms with Gasteiger partial charge in [-0.25, -0.2) is 8.42 Å². The lowest BCUT2D eigenvalue weighted by Gasteiger charge is -2.31. The van der Waals surface area contributed by atoms with Crippen LogP contribution < -0.4 is 0 Å². The van der Waals surface area contributed by atoms with E-state index in [0.717, 1.165) is 44.2 Å². The smallest absolute Gasteiger partial charge is 0.243 e. The van der Waals surface area contributed by atoms with Crippen LogP contribution >= 0.6 is 0 Å². The summed E-state index contributed by atoms with van der Waals surface area (Å²) in [6, 6.07) is 6.98. The van der Waals surface area contributed by atoms with Gasteiger partial charge in [0.25, 0.3) is 0 Å². The van der Waals surface area contributed by atoms with Crippen molar-refractivity contribution in [3.05, 3.63) is 41.5 Å². The van der Waals surface area contributed by atoms with Crippen molar-refractivity contribution in [3.8, 4) is 0 Å². The minimum Gasteiger partial charge on any atom is -0.342 e. The van der Waals surface area contributed by atoms with Crippen LogP contribution in [0.4, 0.5) is 0 Å². The van der Waals surface area contributed by atoms with E-state index in [0.29, 0.717) is 49.1 Å². The summed E-state index contributed by atoms with van der Waals surface area (Å²) in [5.41, 5.74) is 0.965. The predicted octanol–water partition coefficient (Wildman–Crippen LogP) is 2.89. The minimum atomic E-state index is -3.42. The predicted molar refractivity (Wildman–Crippen MR) is 115 cm³/mol. The largest absolute Gasteiger partial charge is 0.342 e. The molecule has 1 aromatic heterocycles. The van der Waals surface area contributed by atoms with Crippen LogP contribution in [-0.4, -0.2) is 59.8 Å². The summed E-state index contributed by atoms with van der Waals surface area (Å²) in [6.07, 6.45) is 5.77. The van der Waals surface area contributed by atoms with Gasteiger partial charge < -0.3 is 9.42 Å². The van der Waals surface area contributed by atoms with Crippen LogP contribution in [0.2, 0.25) is 0 Å². The SMILES string of the molecule is Cc1noc(C2CCCN(C(=O)CCc3ccc(S(=O)(=O)N4CCCCC4)cc3)C2)n1. The van der Waals surface area contributed by atoms with Crippen molar-refractivity contribution in [2.45, 2.75) is 62.7 Å². The second-order valence-corrected chi connectivity index (χ2v) is 10.4. The molecule has 0 radical (unpaired) electrons. The lowest BCUT2D eigenvalue weighted by atomic mass is 9.97. The van der Waals surface area contributed by atoms with Gasteiger partial charge in [0.1, 0.15) is 0 Å². The topological polar surface area (TPSA) is 96.6 Å². The summed E-state index contributed by atoms with van der Waals surface area (Å²) in [4.78, 5) is 19.3. The number of carbonyl (C=O) groups excluding carboxylic acids is 1. The number of aromatic nitrogens is 2. The van der Waals surface area contributed by atoms with Crippen molar-refractivity contribution >= 4 is 15.9 Å². The van der Waals surface area contributed by atoms with Gasteiger partial charge in [-0.05, 0) is 56.7 Å². The van der Waals surface area contributed by atoms with E-state index in [-0.39, 0.29) is 11.8 Å². The zero-order chi connectivity index (χ0) is 21.8. The number of piperidine rings is 2. The number of hydrogen-bond acceptors (Lipinski definition) is 6. The molecule has 1 amide bonds. The molecule has 4 rings (SSSR count). The first-order valence-corrected chi connectivity index (χ1v) is 12.5. The van der Waals surface area contributed by atoms with Crippen LogP contribution in [0.25, 0.3) is 0 Å². The van der Waals surface area contributed by atoms with Crippen LogP contribution in [-0.2, 0) is 21.2 Å². The molecular weight excluding hydrogens is 416 g/mol. The molecular formula is C22H30N4O4S. The van der Waals surface area contributed by atoms with Crippen molar-refractivity contribution in [3.63, 3.8) is 0 Å². The summed E-state index contributed by atoms with van der Waals surface area (Å²) >= 11 is 0. The number of likely N-dealkylation sites (tertiary alicyclic amines) is 1. The Kier molecular flexibility index (Phi) is 6.71. The standard InChI is InChI=1S/C22H30N4O4S/c1-17-23-22(30-24-17)19-6-5-13-25(16-19)21(27)12-9-18-7-10-20(11-8-18)31(28,29)26-14-3-2-4-15-26/h7-8,10-11,19H,2-6,9,12-16H2,1H3. The number of amides is 1. The van der Waals surface area contributed by atoms with Gasteiger partial charge in [0, 0.05) is 32.6 Å². The van der Waals surface area contributed by atoms with Gasteiger partial charge in [0.15, 0.2) is 5.82 Å². The van der Waals surface area contributed by atoms with Crippen molar-refractivity contribution in [2.24, 2.45) is 0 Å². The molecule has 1 unspecified atom stereocenters. The Hall–Kier alpha value is -2.26. The summed E-state index contributed by atoms with van der Waals surface area (Å²) in [7, 11) is -3.42. The molecule has 168 valence electrons. The fraction of sp³-hybridized carbons (Fsp3) is 0.591. The molecule has 0 bridgehead atoms. The summed E-state index contributed by atoms with van der Waals surface area (Å²) in [5, 5.41) is 3.86. The maximum atomic E-state index is 12.8. The molecule has 0 saturated carbocycles. The van der Waals surface area contributed by atoms with Gasteiger partial charge in [0.2, 0.25) is 21.8 Å². The van der Waals surface area contributed by atoms with Gasteiger partial charge in [-0.3, -0.25) is 4.79 Å². The summed E-state index contributed by atoms with van der Waals surface area (Å²) < 4.78 is 32.4. The average molecular weight is 447 g/mol. The second-order valence-electron chi connectivity index (χ2n) is 8.47. The molecule has 2 fully saturated rings. The highest BCUT2D eigenvalue weighted by molar-refractivity contribution is 7.89. The van der Waals surface area contributed by atoms with E-state index in [2.05, 4.69) is 10.1 Å². The molecule has 2 saturated heterocycles. The van der Waals surface area contributed by atoms with Crippen LogP contribution in [0.3, 0.4) is 0 Å². The molecule has 3 heterocycles. The zero-order valence-corrected chi connectivity index (χ0v) is 18.8. The van der Waals surface area contributed by atoms with Gasteiger partial charge >= 0.3 is 0 Å². The summed E-state index contributed by atoms with van der Waals surface area (Å²) in [6.45, 7) is 4.34. The van der Waals surface area contributed by atoms with Crippen LogP contribution in [0.5, 0.6) is 0 Å². The average Bonchev–Trinajstić information content (AvgIpc) is 3.25. The molecule has 1 atom stereocenters. The highest BCUT2D eigenvalue weighted by atomic mass is 32.2. The first-order chi connectivity index (χ1) is 14.9. The monoisotopic (exact) mass is 446 g/mol. The number of aryl methyl sites for hydroxylation is 2. The first-order valence-electron chi connectivity index (χ1n) is 11.1. The summed E-state index contributed by atoms with van der Waals surface area (Å²) in [5.74, 6) is 1.42. The van der Waals surface area contributed by atoms with Crippen molar-refractivity contribution in [1.29, 1.82) is 0 Å². The lowest BCUT2D eigenvalue weighted by Crippen LogP contribution is -2.39. The molecule has 9 heteroatoms. The molecule has 8 nitrogen and oxygen atoms in total. The second kappa shape index (κ2) is 9.48. The molecule has 0 aliphatic carbocycles. The third kappa shape index (κ3) is 5.15. The highest BCUT2D eigenvalue weighted by Crippen LogP contribution is 2.26. The van der Waals surface area contributed by atoms with E-state index in [1.54, 1.807) is 23.4 Å². The van der Waals surface area contributed by atoms with Crippen molar-refractivity contribution in [2.75, 3.05) is 26.2 Å². The Balaban J connectivity index is 1.32. The number of rotatable bonds is 6. The molecule has 2 aromatic rings. The Bertz CT molecular complexity index is 997. The van der Waals surface area contributed by atoms with Crippen LogP contribution in [0.15, 0.2) is 33.7 Å². The molecule has 0 N–H and O–H groups in total. The number of nitrogens with zero attached hydrogens (tertiary/aromatic N) is 4. The highest BCUT2D eigenvalue weighted by Gasteiger charge is 2.28. The maximum Gasteiger partial charge on any atom is 0.243 e. The van der Waals surface area contributed by atoms with Crippen molar-refractivity contribution < 1.29 is 17.7 Å². The minimum absolute atomic E-state index is 0.0955. The number of hydrogen-bond donors (Lipinski definition) is 0. The van der Waals surface area contributed by atoms with E-state index in [9.17, 15) is 13.2 Å². The molecule has 0 spiro atoms. The Labute approximate surface area is 183 Å². The fourth-order valence-corrected chi connectivity index (χ4v) is 5.89. The van der Waals surface area contributed by atoms with E-state index in [1.807, 2.05) is 17.0 Å². The third-order valence-corrected chi connectivity index (χ3v) is 8.08. The van der Waals surface area contributed by atoms with Crippen LogP contribution in [0, 0.1) is 6.92 Å². The number of benzene rings is 1. The quantitative estimate of drug-likeness (QED) is 0.677. The van der Waals surface area contributed by atoms with Gasteiger partial charge in [-0.1, -0.05) is 23.7 Å². The van der Waals surface area contributed by atoms with E-state index in [1.165, 1.54) is 0 Å². The lowest BCUT2D eigenvalue weighted by molar-refractivity contribution is -0.132. The molecule has 2 aliphatic rings. The maximum absolute atomic E-state index is 12.8. The molecule has 1 aromatic carbocycles. The van der Waals surface area contributed by atoms with E-state index in [4.69, 9.17) is 4.52 Å². The molecule has 31 heavy (non-hydrogen) atoms. The third-order valence-electron chi connectivity index (χ3n) is 6.17. The first kappa shape index (κ1) is 22.0. The number of carbonyl (C=O) groups is 1. The van der Waals surface area contributed by atoms with Gasteiger partial charge in [-0.2, -0.15) is 9.29 Å². The van der Waals surface area contributed by atoms with E-state index < -0.39 is 10.0 Å². The van der Waals surface area contributed by atoms with Crippen molar-refractivity contribution in [1.82, 2.24) is 19.3 Å². The fourth-order valence-electron chi connectivity index (χ4n) is 4.38. The zero-order valence-electron chi connectivity index (χ0n) is 18.0. The normalized spacial score (nSPS) is 20.7. The molecule has 2 aliphatic heterocycles. The number of sulfonamides is 1. The van der Waals surface area contributed by atoms with Crippen LogP contribution in [0.1, 0.15) is 61.7 Å². The Morgan fingerprint density at radius 3 is 2.52 bits per heavy atom. The van der Waals surface area contributed by atoms with E-state index >= 15 is 0 Å². The Morgan fingerprint density at radius 2 is 1.84 bits per heavy atom. The van der Waals surface area contributed by atoms with Gasteiger partial charge in [0.05, 0.1) is 10.8 Å². The van der Waals surface area contributed by atoms with Gasteiger partial charge in [-0.15, -0.1) is 0 Å². The Morgan fingerprint density at radius 1 is 1.10 bits per heavy atom.